The third-order valence-corrected chi connectivity index (χ3v) is 4.21. The first kappa shape index (κ1) is 17.6. The van der Waals surface area contributed by atoms with Crippen molar-refractivity contribution in [1.29, 1.82) is 0 Å². The van der Waals surface area contributed by atoms with Gasteiger partial charge in [0, 0.05) is 24.3 Å². The Balaban J connectivity index is 2.66. The summed E-state index contributed by atoms with van der Waals surface area (Å²) in [5, 5.41) is 1.08. The molecule has 0 aliphatic rings. The number of carbonyl (C=O) groups excluding carboxylic acids is 1. The molecule has 5 heteroatoms. The molecule has 0 fully saturated rings. The number of benzene rings is 1. The van der Waals surface area contributed by atoms with E-state index in [4.69, 9.17) is 5.73 Å². The SMILES string of the molecule is CC(C)(C)CC(=O)C[C@H](N)/C=C/S(=O)(=O)c1ccccc1. The number of carbonyl (C=O) groups is 1. The zero-order valence-electron chi connectivity index (χ0n) is 12.7. The number of hydrogen-bond acceptors (Lipinski definition) is 4. The predicted octanol–water partition coefficient (Wildman–Crippen LogP) is 2.70. The summed E-state index contributed by atoms with van der Waals surface area (Å²) in [5.74, 6) is 0.0387. The van der Waals surface area contributed by atoms with E-state index in [-0.39, 0.29) is 22.5 Å². The van der Waals surface area contributed by atoms with Crippen LogP contribution in [0.25, 0.3) is 0 Å². The lowest BCUT2D eigenvalue weighted by atomic mass is 9.88. The Hall–Kier alpha value is -1.46. The van der Waals surface area contributed by atoms with Gasteiger partial charge in [0.05, 0.1) is 4.90 Å². The van der Waals surface area contributed by atoms with Gasteiger partial charge < -0.3 is 5.73 Å². The number of Topliss-reactive ketones (excluding diaryl/α,β-unsaturated/α-hetero) is 1. The first-order chi connectivity index (χ1) is 9.60. The van der Waals surface area contributed by atoms with Gasteiger partial charge in [0.25, 0.3) is 0 Å². The van der Waals surface area contributed by atoms with E-state index >= 15 is 0 Å². The Morgan fingerprint density at radius 1 is 1.24 bits per heavy atom. The lowest BCUT2D eigenvalue weighted by Gasteiger charge is -2.17. The molecule has 2 N–H and O–H groups in total. The Morgan fingerprint density at radius 2 is 1.81 bits per heavy atom. The highest BCUT2D eigenvalue weighted by atomic mass is 32.2. The Bertz CT molecular complexity index is 598. The maximum absolute atomic E-state index is 12.0. The zero-order chi connectivity index (χ0) is 16.1. The third kappa shape index (κ3) is 6.69. The first-order valence-corrected chi connectivity index (χ1v) is 8.40. The molecule has 0 bridgehead atoms. The van der Waals surface area contributed by atoms with E-state index in [0.29, 0.717) is 6.42 Å². The summed E-state index contributed by atoms with van der Waals surface area (Å²) in [7, 11) is -3.50. The van der Waals surface area contributed by atoms with E-state index < -0.39 is 15.9 Å². The molecule has 0 aliphatic carbocycles. The van der Waals surface area contributed by atoms with Crippen LogP contribution in [0.1, 0.15) is 33.6 Å². The van der Waals surface area contributed by atoms with Crippen LogP contribution in [0.15, 0.2) is 46.7 Å². The van der Waals surface area contributed by atoms with Crippen LogP contribution >= 0.6 is 0 Å². The number of hydrogen-bond donors (Lipinski definition) is 1. The molecule has 4 nitrogen and oxygen atoms in total. The van der Waals surface area contributed by atoms with Crippen LogP contribution in [0.2, 0.25) is 0 Å². The first-order valence-electron chi connectivity index (χ1n) is 6.86. The van der Waals surface area contributed by atoms with Crippen LogP contribution in [0.4, 0.5) is 0 Å². The highest BCUT2D eigenvalue weighted by molar-refractivity contribution is 7.94. The van der Waals surface area contributed by atoms with Crippen LogP contribution in [0.3, 0.4) is 0 Å². The number of rotatable bonds is 6. The Kier molecular flexibility index (Phi) is 5.87. The molecular weight excluding hydrogens is 286 g/mol. The summed E-state index contributed by atoms with van der Waals surface area (Å²) >= 11 is 0. The standard InChI is InChI=1S/C16H23NO3S/c1-16(2,3)12-14(18)11-13(17)9-10-21(19,20)15-7-5-4-6-8-15/h4-10,13H,11-12,17H2,1-3H3/b10-9+/t13-/m1/s1. The van der Waals surface area contributed by atoms with Gasteiger partial charge in [-0.1, -0.05) is 45.0 Å². The van der Waals surface area contributed by atoms with Gasteiger partial charge in [-0.15, -0.1) is 0 Å². The maximum Gasteiger partial charge on any atom is 0.199 e. The molecule has 1 atom stereocenters. The highest BCUT2D eigenvalue weighted by Crippen LogP contribution is 2.20. The number of sulfone groups is 1. The molecule has 0 saturated heterocycles. The molecule has 1 aromatic carbocycles. The van der Waals surface area contributed by atoms with Crippen molar-refractivity contribution < 1.29 is 13.2 Å². The summed E-state index contributed by atoms with van der Waals surface area (Å²) in [4.78, 5) is 12.0. The molecule has 0 amide bonds. The molecule has 0 aliphatic heterocycles. The van der Waals surface area contributed by atoms with Crippen molar-refractivity contribution in [3.05, 3.63) is 41.8 Å². The van der Waals surface area contributed by atoms with E-state index in [1.807, 2.05) is 20.8 Å². The fourth-order valence-electron chi connectivity index (χ4n) is 1.89. The molecule has 0 heterocycles. The van der Waals surface area contributed by atoms with Gasteiger partial charge in [0.15, 0.2) is 9.84 Å². The van der Waals surface area contributed by atoms with Gasteiger partial charge >= 0.3 is 0 Å². The van der Waals surface area contributed by atoms with Crippen molar-refractivity contribution in [2.45, 2.75) is 44.6 Å². The topological polar surface area (TPSA) is 77.2 Å². The fraction of sp³-hybridized carbons (Fsp3) is 0.438. The maximum atomic E-state index is 12.0. The average Bonchev–Trinajstić information content (AvgIpc) is 2.35. The van der Waals surface area contributed by atoms with Crippen LogP contribution < -0.4 is 5.73 Å². The fourth-order valence-corrected chi connectivity index (χ4v) is 2.99. The second kappa shape index (κ2) is 7.00. The van der Waals surface area contributed by atoms with Crippen molar-refractivity contribution in [2.24, 2.45) is 11.1 Å². The minimum Gasteiger partial charge on any atom is -0.324 e. The molecular formula is C16H23NO3S. The monoisotopic (exact) mass is 309 g/mol. The largest absolute Gasteiger partial charge is 0.324 e. The molecule has 0 aromatic heterocycles. The van der Waals surface area contributed by atoms with E-state index in [1.165, 1.54) is 18.2 Å². The Morgan fingerprint density at radius 3 is 2.33 bits per heavy atom. The van der Waals surface area contributed by atoms with Gasteiger partial charge in [0.1, 0.15) is 5.78 Å². The lowest BCUT2D eigenvalue weighted by Crippen LogP contribution is -2.24. The van der Waals surface area contributed by atoms with E-state index in [2.05, 4.69) is 0 Å². The van der Waals surface area contributed by atoms with Crippen molar-refractivity contribution in [1.82, 2.24) is 0 Å². The molecule has 0 radical (unpaired) electrons. The predicted molar refractivity (Wildman–Crippen MR) is 84.4 cm³/mol. The molecule has 116 valence electrons. The summed E-state index contributed by atoms with van der Waals surface area (Å²) < 4.78 is 24.0. The van der Waals surface area contributed by atoms with Crippen molar-refractivity contribution in [2.75, 3.05) is 0 Å². The molecule has 0 spiro atoms. The van der Waals surface area contributed by atoms with Crippen molar-refractivity contribution >= 4 is 15.6 Å². The summed E-state index contributed by atoms with van der Waals surface area (Å²) in [5.41, 5.74) is 5.72. The van der Waals surface area contributed by atoms with Gasteiger partial charge in [-0.3, -0.25) is 4.79 Å². The van der Waals surface area contributed by atoms with Gasteiger partial charge in [-0.05, 0) is 17.5 Å². The van der Waals surface area contributed by atoms with Crippen LogP contribution in [0, 0.1) is 5.41 Å². The third-order valence-electron chi connectivity index (χ3n) is 2.77. The summed E-state index contributed by atoms with van der Waals surface area (Å²) in [6.45, 7) is 5.93. The minimum absolute atomic E-state index is 0.0387. The quantitative estimate of drug-likeness (QED) is 0.876. The van der Waals surface area contributed by atoms with Crippen molar-refractivity contribution in [3.63, 3.8) is 0 Å². The second-order valence-electron chi connectivity index (χ2n) is 6.33. The lowest BCUT2D eigenvalue weighted by molar-refractivity contribution is -0.120. The van der Waals surface area contributed by atoms with Crippen LogP contribution in [-0.4, -0.2) is 20.2 Å². The van der Waals surface area contributed by atoms with E-state index in [9.17, 15) is 13.2 Å². The Labute approximate surface area is 127 Å². The van der Waals surface area contributed by atoms with E-state index in [1.54, 1.807) is 18.2 Å². The van der Waals surface area contributed by atoms with Gasteiger partial charge in [-0.2, -0.15) is 0 Å². The van der Waals surface area contributed by atoms with Crippen molar-refractivity contribution in [3.8, 4) is 0 Å². The normalized spacial score (nSPS) is 14.3. The molecule has 1 rings (SSSR count). The van der Waals surface area contributed by atoms with Crippen LogP contribution in [-0.2, 0) is 14.6 Å². The average molecular weight is 309 g/mol. The zero-order valence-corrected chi connectivity index (χ0v) is 13.6. The highest BCUT2D eigenvalue weighted by Gasteiger charge is 2.17. The second-order valence-corrected chi connectivity index (χ2v) is 8.16. The summed E-state index contributed by atoms with van der Waals surface area (Å²) in [6, 6.07) is 7.53. The molecule has 0 saturated carbocycles. The minimum atomic E-state index is -3.50. The molecule has 21 heavy (non-hydrogen) atoms. The number of nitrogens with two attached hydrogens (primary N) is 1. The molecule has 1 aromatic rings. The van der Waals surface area contributed by atoms with Gasteiger partial charge in [0.2, 0.25) is 0 Å². The summed E-state index contributed by atoms with van der Waals surface area (Å²) in [6.07, 6.45) is 1.96. The van der Waals surface area contributed by atoms with E-state index in [0.717, 1.165) is 5.41 Å². The smallest absolute Gasteiger partial charge is 0.199 e. The molecule has 0 unspecified atom stereocenters. The number of ketones is 1. The van der Waals surface area contributed by atoms with Crippen LogP contribution in [0.5, 0.6) is 0 Å². The van der Waals surface area contributed by atoms with Gasteiger partial charge in [-0.25, -0.2) is 8.42 Å².